The zero-order valence-electron chi connectivity index (χ0n) is 17.8. The first-order valence-electron chi connectivity index (χ1n) is 10.7. The Balaban J connectivity index is 1.68. The number of rotatable bonds is 4. The van der Waals surface area contributed by atoms with Crippen molar-refractivity contribution in [1.29, 1.82) is 0 Å². The van der Waals surface area contributed by atoms with Crippen LogP contribution < -0.4 is 0 Å². The van der Waals surface area contributed by atoms with Crippen LogP contribution in [0.15, 0.2) is 77.4 Å². The molecule has 1 N–H and O–H groups in total. The fourth-order valence-corrected chi connectivity index (χ4v) is 4.90. The van der Waals surface area contributed by atoms with Crippen LogP contribution in [-0.4, -0.2) is 26.4 Å². The number of benzene rings is 2. The minimum atomic E-state index is -1.14. The van der Waals surface area contributed by atoms with Gasteiger partial charge in [0.2, 0.25) is 0 Å². The highest BCUT2D eigenvalue weighted by molar-refractivity contribution is 6.31. The van der Waals surface area contributed by atoms with Gasteiger partial charge < -0.3 is 14.1 Å². The molecule has 0 saturated heterocycles. The molecule has 0 fully saturated rings. The lowest BCUT2D eigenvalue weighted by molar-refractivity contribution is -0.113. The van der Waals surface area contributed by atoms with Crippen LogP contribution in [0.25, 0.3) is 38.3 Å². The summed E-state index contributed by atoms with van der Waals surface area (Å²) in [7, 11) is 0. The van der Waals surface area contributed by atoms with Crippen molar-refractivity contribution < 1.29 is 19.1 Å². The van der Waals surface area contributed by atoms with Gasteiger partial charge in [-0.2, -0.15) is 0 Å². The molecule has 2 aromatic carbocycles. The molecule has 166 valence electrons. The van der Waals surface area contributed by atoms with Crippen molar-refractivity contribution in [3.63, 3.8) is 0 Å². The minimum Gasteiger partial charge on any atom is -0.477 e. The maximum Gasteiger partial charge on any atom is 0.353 e. The molecule has 3 heterocycles. The predicted molar refractivity (Wildman–Crippen MR) is 131 cm³/mol. The summed E-state index contributed by atoms with van der Waals surface area (Å²) in [6, 6.07) is 15.1. The molecular formula is C27H17ClN2O4. The molecule has 0 unspecified atom stereocenters. The Hall–Kier alpha value is -4.16. The number of aromatic nitrogens is 2. The predicted octanol–water partition coefficient (Wildman–Crippen LogP) is 6.25. The summed E-state index contributed by atoms with van der Waals surface area (Å²) < 4.78 is 7.46. The molecule has 7 heteroatoms. The van der Waals surface area contributed by atoms with Crippen molar-refractivity contribution in [2.75, 3.05) is 0 Å². The number of Topliss-reactive ketones (excluding diaryl/α,β-unsaturated/α-hetero) is 1. The van der Waals surface area contributed by atoms with Crippen LogP contribution in [0.3, 0.4) is 0 Å². The number of pyridine rings is 1. The Morgan fingerprint density at radius 3 is 2.82 bits per heavy atom. The Bertz CT molecular complexity index is 1720. The van der Waals surface area contributed by atoms with Crippen LogP contribution in [0.2, 0.25) is 5.15 Å². The Morgan fingerprint density at radius 1 is 1.15 bits per heavy atom. The van der Waals surface area contributed by atoms with E-state index in [1.807, 2.05) is 48.5 Å². The fourth-order valence-electron chi connectivity index (χ4n) is 4.69. The summed E-state index contributed by atoms with van der Waals surface area (Å²) in [6.45, 7) is 0.165. The summed E-state index contributed by atoms with van der Waals surface area (Å²) in [4.78, 5) is 30.0. The van der Waals surface area contributed by atoms with Crippen molar-refractivity contribution in [2.24, 2.45) is 0 Å². The van der Waals surface area contributed by atoms with Crippen LogP contribution in [0.4, 0.5) is 0 Å². The van der Waals surface area contributed by atoms with Gasteiger partial charge in [0.1, 0.15) is 16.4 Å². The number of hydrogen-bond donors (Lipinski definition) is 1. The lowest BCUT2D eigenvalue weighted by Gasteiger charge is -2.12. The first kappa shape index (κ1) is 20.4. The number of hydrogen-bond acceptors (Lipinski definition) is 4. The molecule has 34 heavy (non-hydrogen) atoms. The first-order chi connectivity index (χ1) is 16.5. The number of carbonyl (C=O) groups is 2. The van der Waals surface area contributed by atoms with E-state index in [4.69, 9.17) is 16.0 Å². The van der Waals surface area contributed by atoms with Gasteiger partial charge in [-0.05, 0) is 30.3 Å². The highest BCUT2D eigenvalue weighted by Crippen LogP contribution is 2.39. The van der Waals surface area contributed by atoms with E-state index in [9.17, 15) is 14.7 Å². The topological polar surface area (TPSA) is 85.3 Å². The zero-order valence-corrected chi connectivity index (χ0v) is 18.5. The lowest BCUT2D eigenvalue weighted by Crippen LogP contribution is -2.14. The molecule has 6 rings (SSSR count). The molecule has 0 bridgehead atoms. The van der Waals surface area contributed by atoms with E-state index in [0.717, 1.165) is 16.3 Å². The summed E-state index contributed by atoms with van der Waals surface area (Å²) in [5.74, 6) is -1.28. The normalized spacial score (nSPS) is 13.8. The van der Waals surface area contributed by atoms with Gasteiger partial charge in [0.05, 0.1) is 29.2 Å². The number of carboxylic acid groups (broad SMARTS) is 1. The largest absolute Gasteiger partial charge is 0.477 e. The van der Waals surface area contributed by atoms with Gasteiger partial charge in [-0.1, -0.05) is 48.0 Å². The van der Waals surface area contributed by atoms with Crippen LogP contribution in [-0.2, 0) is 11.3 Å². The smallest absolute Gasteiger partial charge is 0.353 e. The van der Waals surface area contributed by atoms with E-state index in [2.05, 4.69) is 4.98 Å². The van der Waals surface area contributed by atoms with Crippen molar-refractivity contribution in [1.82, 2.24) is 9.55 Å². The third kappa shape index (κ3) is 3.07. The molecule has 0 radical (unpaired) electrons. The summed E-state index contributed by atoms with van der Waals surface area (Å²) in [5, 5.41) is 13.0. The minimum absolute atomic E-state index is 0.0121. The van der Waals surface area contributed by atoms with E-state index in [1.165, 1.54) is 0 Å². The molecule has 0 aliphatic heterocycles. The number of halogens is 1. The summed E-state index contributed by atoms with van der Waals surface area (Å²) >= 11 is 6.53. The van der Waals surface area contributed by atoms with Crippen molar-refractivity contribution >= 4 is 61.7 Å². The van der Waals surface area contributed by atoms with Crippen LogP contribution in [0.5, 0.6) is 0 Å². The number of allylic oxidation sites excluding steroid dienone is 4. The number of aromatic carboxylic acids is 1. The quantitative estimate of drug-likeness (QED) is 0.315. The average molecular weight is 469 g/mol. The number of carboxylic acids is 1. The second-order valence-corrected chi connectivity index (χ2v) is 8.54. The first-order valence-corrected chi connectivity index (χ1v) is 11.1. The number of carbonyl (C=O) groups excluding carboxylic acids is 1. The Labute approximate surface area is 198 Å². The van der Waals surface area contributed by atoms with Crippen LogP contribution in [0.1, 0.15) is 28.0 Å². The van der Waals surface area contributed by atoms with Gasteiger partial charge in [-0.25, -0.2) is 9.78 Å². The van der Waals surface area contributed by atoms with Gasteiger partial charge in [-0.3, -0.25) is 4.79 Å². The standard InChI is InChI=1S/C27H17ClN2O4/c28-26-17(13-16-5-1-3-7-19(16)29-26)14-30-20-10-9-15-11-12-34-25(15)23(20)22(24(30)27(32)33)18-6-2-4-8-21(18)31/h1-7,9-13H,8,14H2,(H,32,33). The summed E-state index contributed by atoms with van der Waals surface area (Å²) in [6.07, 6.45) is 6.98. The SMILES string of the molecule is O=C1CC=CC=C1c1c(C(=O)O)n(Cc2cc3ccccc3nc2Cl)c2ccc3ccoc3c12. The number of ketones is 1. The molecule has 5 aromatic rings. The van der Waals surface area contributed by atoms with Gasteiger partial charge in [0.15, 0.2) is 5.78 Å². The molecule has 0 saturated carbocycles. The molecule has 0 atom stereocenters. The molecule has 0 amide bonds. The van der Waals surface area contributed by atoms with Crippen LogP contribution in [0, 0.1) is 0 Å². The number of furan rings is 1. The lowest BCUT2D eigenvalue weighted by atomic mass is 9.93. The van der Waals surface area contributed by atoms with Gasteiger partial charge in [-0.15, -0.1) is 0 Å². The van der Waals surface area contributed by atoms with Gasteiger partial charge in [0, 0.05) is 33.9 Å². The molecular weight excluding hydrogens is 452 g/mol. The van der Waals surface area contributed by atoms with Gasteiger partial charge in [0.25, 0.3) is 0 Å². The highest BCUT2D eigenvalue weighted by atomic mass is 35.5. The van der Waals surface area contributed by atoms with E-state index in [1.54, 1.807) is 29.1 Å². The van der Waals surface area contributed by atoms with E-state index in [0.29, 0.717) is 38.3 Å². The monoisotopic (exact) mass is 468 g/mol. The van der Waals surface area contributed by atoms with Gasteiger partial charge >= 0.3 is 5.97 Å². The average Bonchev–Trinajstić information content (AvgIpc) is 3.42. The number of para-hydroxylation sites is 1. The van der Waals surface area contributed by atoms with E-state index in [-0.39, 0.29) is 24.4 Å². The second kappa shape index (κ2) is 7.71. The molecule has 3 aromatic heterocycles. The third-order valence-corrected chi connectivity index (χ3v) is 6.53. The molecule has 1 aliphatic carbocycles. The van der Waals surface area contributed by atoms with Crippen molar-refractivity contribution in [2.45, 2.75) is 13.0 Å². The molecule has 6 nitrogen and oxygen atoms in total. The van der Waals surface area contributed by atoms with Crippen molar-refractivity contribution in [3.05, 3.63) is 95.0 Å². The number of fused-ring (bicyclic) bond motifs is 4. The maximum absolute atomic E-state index is 12.9. The maximum atomic E-state index is 12.9. The Morgan fingerprint density at radius 2 is 2.00 bits per heavy atom. The van der Waals surface area contributed by atoms with Crippen LogP contribution >= 0.6 is 11.6 Å². The van der Waals surface area contributed by atoms with Crippen molar-refractivity contribution in [3.8, 4) is 0 Å². The van der Waals surface area contributed by atoms with E-state index >= 15 is 0 Å². The summed E-state index contributed by atoms with van der Waals surface area (Å²) in [5.41, 5.74) is 3.35. The highest BCUT2D eigenvalue weighted by Gasteiger charge is 2.30. The Kier molecular flexibility index (Phi) is 4.64. The number of nitrogens with zero attached hydrogens (tertiary/aromatic N) is 2. The third-order valence-electron chi connectivity index (χ3n) is 6.20. The molecule has 0 spiro atoms. The molecule has 1 aliphatic rings. The fraction of sp³-hybridized carbons (Fsp3) is 0.0741. The zero-order chi connectivity index (χ0) is 23.4. The second-order valence-electron chi connectivity index (χ2n) is 8.18. The van der Waals surface area contributed by atoms with E-state index < -0.39 is 5.97 Å².